The minimum absolute atomic E-state index is 0.299. The Morgan fingerprint density at radius 2 is 1.92 bits per heavy atom. The fourth-order valence-corrected chi connectivity index (χ4v) is 3.93. The molecule has 134 valence electrons. The van der Waals surface area contributed by atoms with Crippen LogP contribution in [0.4, 0.5) is 11.1 Å². The van der Waals surface area contributed by atoms with Crippen LogP contribution in [0, 0.1) is 0 Å². The van der Waals surface area contributed by atoms with Gasteiger partial charge in [-0.25, -0.2) is 9.97 Å². The number of rotatable bonds is 3. The van der Waals surface area contributed by atoms with E-state index in [0.717, 1.165) is 36.7 Å². The Morgan fingerprint density at radius 1 is 1.12 bits per heavy atom. The normalized spacial score (nSPS) is 14.6. The highest BCUT2D eigenvalue weighted by Crippen LogP contribution is 2.27. The Bertz CT molecular complexity index is 971. The second kappa shape index (κ2) is 7.34. The van der Waals surface area contributed by atoms with Crippen molar-refractivity contribution in [2.45, 2.75) is 19.3 Å². The fraction of sp³-hybridized carbons (Fsp3) is 0.294. The first-order valence-corrected chi connectivity index (χ1v) is 9.82. The van der Waals surface area contributed by atoms with Crippen LogP contribution in [0.5, 0.6) is 0 Å². The molecule has 9 heteroatoms. The molecule has 0 atom stereocenters. The predicted molar refractivity (Wildman–Crippen MR) is 106 cm³/mol. The molecule has 4 rings (SSSR count). The van der Waals surface area contributed by atoms with E-state index in [1.54, 1.807) is 18.3 Å². The molecule has 1 amide bonds. The maximum Gasteiger partial charge on any atom is 0.257 e. The van der Waals surface area contributed by atoms with E-state index in [0.29, 0.717) is 26.3 Å². The Labute approximate surface area is 164 Å². The van der Waals surface area contributed by atoms with Crippen LogP contribution in [0.25, 0.3) is 10.3 Å². The van der Waals surface area contributed by atoms with Crippen LogP contribution in [0.3, 0.4) is 0 Å². The van der Waals surface area contributed by atoms with Gasteiger partial charge in [-0.3, -0.25) is 10.1 Å². The number of nitrogens with one attached hydrogen (secondary N) is 1. The molecular weight excluding hydrogens is 393 g/mol. The Kier molecular flexibility index (Phi) is 4.93. The van der Waals surface area contributed by atoms with E-state index in [1.807, 2.05) is 0 Å². The highest BCUT2D eigenvalue weighted by atomic mass is 35.5. The predicted octanol–water partition coefficient (Wildman–Crippen LogP) is 4.64. The average molecular weight is 408 g/mol. The Morgan fingerprint density at radius 3 is 2.69 bits per heavy atom. The summed E-state index contributed by atoms with van der Waals surface area (Å²) in [5.41, 5.74) is 1.08. The molecule has 1 aromatic carbocycles. The van der Waals surface area contributed by atoms with Crippen LogP contribution >= 0.6 is 34.5 Å². The molecule has 3 heterocycles. The smallest absolute Gasteiger partial charge is 0.257 e. The van der Waals surface area contributed by atoms with Gasteiger partial charge in [0.2, 0.25) is 5.95 Å². The van der Waals surface area contributed by atoms with Crippen molar-refractivity contribution in [3.05, 3.63) is 40.0 Å². The topological polar surface area (TPSA) is 71.0 Å². The molecule has 0 spiro atoms. The monoisotopic (exact) mass is 407 g/mol. The SMILES string of the molecule is O=C(Nc1nc2cnc(N3CCCCC3)nc2s1)c1ccc(Cl)c(Cl)c1. The lowest BCUT2D eigenvalue weighted by atomic mass is 10.1. The van der Waals surface area contributed by atoms with E-state index in [1.165, 1.54) is 23.8 Å². The van der Waals surface area contributed by atoms with Gasteiger partial charge in [-0.15, -0.1) is 0 Å². The van der Waals surface area contributed by atoms with Gasteiger partial charge in [0.25, 0.3) is 5.91 Å². The third kappa shape index (κ3) is 3.60. The maximum absolute atomic E-state index is 12.4. The molecule has 0 bridgehead atoms. The summed E-state index contributed by atoms with van der Waals surface area (Å²) >= 11 is 13.2. The number of hydrogen-bond donors (Lipinski definition) is 1. The minimum atomic E-state index is -0.299. The Hall–Kier alpha value is -1.96. The van der Waals surface area contributed by atoms with E-state index >= 15 is 0 Å². The fourth-order valence-electron chi connectivity index (χ4n) is 2.83. The summed E-state index contributed by atoms with van der Waals surface area (Å²) in [7, 11) is 0. The molecule has 1 fully saturated rings. The Balaban J connectivity index is 1.55. The summed E-state index contributed by atoms with van der Waals surface area (Å²) in [6.45, 7) is 1.95. The van der Waals surface area contributed by atoms with E-state index in [9.17, 15) is 4.79 Å². The molecule has 1 aliphatic rings. The molecule has 0 unspecified atom stereocenters. The van der Waals surface area contributed by atoms with Gasteiger partial charge in [0.1, 0.15) is 5.52 Å². The molecule has 1 N–H and O–H groups in total. The molecule has 1 saturated heterocycles. The number of nitrogens with zero attached hydrogens (tertiary/aromatic N) is 4. The zero-order chi connectivity index (χ0) is 18.1. The molecule has 2 aromatic heterocycles. The highest BCUT2D eigenvalue weighted by molar-refractivity contribution is 7.22. The van der Waals surface area contributed by atoms with E-state index in [4.69, 9.17) is 23.2 Å². The first-order valence-electron chi connectivity index (χ1n) is 8.25. The summed E-state index contributed by atoms with van der Waals surface area (Å²) < 4.78 is 0. The van der Waals surface area contributed by atoms with Crippen molar-refractivity contribution in [1.82, 2.24) is 15.0 Å². The highest BCUT2D eigenvalue weighted by Gasteiger charge is 2.16. The number of carbonyl (C=O) groups is 1. The lowest BCUT2D eigenvalue weighted by molar-refractivity contribution is 0.102. The molecule has 0 aliphatic carbocycles. The first kappa shape index (κ1) is 17.5. The van der Waals surface area contributed by atoms with Crippen molar-refractivity contribution in [2.24, 2.45) is 0 Å². The quantitative estimate of drug-likeness (QED) is 0.684. The number of fused-ring (bicyclic) bond motifs is 1. The van der Waals surface area contributed by atoms with Gasteiger partial charge < -0.3 is 4.90 Å². The average Bonchev–Trinajstić information content (AvgIpc) is 3.06. The van der Waals surface area contributed by atoms with Crippen LogP contribution in [-0.4, -0.2) is 33.9 Å². The zero-order valence-corrected chi connectivity index (χ0v) is 16.0. The van der Waals surface area contributed by atoms with Crippen molar-refractivity contribution in [1.29, 1.82) is 0 Å². The summed E-state index contributed by atoms with van der Waals surface area (Å²) in [5.74, 6) is 0.426. The van der Waals surface area contributed by atoms with Crippen molar-refractivity contribution >= 4 is 61.9 Å². The molecular formula is C17H15Cl2N5OS. The molecule has 6 nitrogen and oxygen atoms in total. The standard InChI is InChI=1S/C17H15Cl2N5OS/c18-11-5-4-10(8-12(11)19)14(25)22-17-21-13-9-20-16(23-15(13)26-17)24-6-2-1-3-7-24/h4-5,8-9H,1-3,6-7H2,(H,21,22,25). The number of anilines is 2. The van der Waals surface area contributed by atoms with Crippen LogP contribution in [0.2, 0.25) is 10.0 Å². The molecule has 0 radical (unpaired) electrons. The maximum atomic E-state index is 12.4. The molecule has 1 aliphatic heterocycles. The minimum Gasteiger partial charge on any atom is -0.341 e. The van der Waals surface area contributed by atoms with Crippen LogP contribution < -0.4 is 10.2 Å². The van der Waals surface area contributed by atoms with Gasteiger partial charge in [-0.1, -0.05) is 34.5 Å². The summed E-state index contributed by atoms with van der Waals surface area (Å²) in [6.07, 6.45) is 5.28. The van der Waals surface area contributed by atoms with Gasteiger partial charge in [-0.05, 0) is 37.5 Å². The van der Waals surface area contributed by atoms with E-state index < -0.39 is 0 Å². The number of thiazole rings is 1. The summed E-state index contributed by atoms with van der Waals surface area (Å²) in [5, 5.41) is 3.99. The summed E-state index contributed by atoms with van der Waals surface area (Å²) in [4.78, 5) is 28.7. The first-order chi connectivity index (χ1) is 12.6. The van der Waals surface area contributed by atoms with Gasteiger partial charge in [0.05, 0.1) is 16.2 Å². The van der Waals surface area contributed by atoms with Crippen molar-refractivity contribution in [3.8, 4) is 0 Å². The van der Waals surface area contributed by atoms with E-state index in [-0.39, 0.29) is 5.91 Å². The number of aromatic nitrogens is 3. The number of piperidine rings is 1. The third-order valence-electron chi connectivity index (χ3n) is 4.18. The summed E-state index contributed by atoms with van der Waals surface area (Å²) in [6, 6.07) is 4.74. The van der Waals surface area contributed by atoms with Gasteiger partial charge >= 0.3 is 0 Å². The van der Waals surface area contributed by atoms with Crippen molar-refractivity contribution in [3.63, 3.8) is 0 Å². The van der Waals surface area contributed by atoms with Crippen LogP contribution in [-0.2, 0) is 0 Å². The molecule has 26 heavy (non-hydrogen) atoms. The second-order valence-electron chi connectivity index (χ2n) is 6.01. The van der Waals surface area contributed by atoms with Gasteiger partial charge in [-0.2, -0.15) is 4.98 Å². The number of halogens is 2. The largest absolute Gasteiger partial charge is 0.341 e. The number of benzene rings is 1. The van der Waals surface area contributed by atoms with Gasteiger partial charge in [0, 0.05) is 18.7 Å². The third-order valence-corrected chi connectivity index (χ3v) is 5.80. The number of carbonyl (C=O) groups excluding carboxylic acids is 1. The molecule has 0 saturated carbocycles. The zero-order valence-electron chi connectivity index (χ0n) is 13.7. The van der Waals surface area contributed by atoms with Crippen LogP contribution in [0.15, 0.2) is 24.4 Å². The number of amides is 1. The van der Waals surface area contributed by atoms with Gasteiger partial charge in [0.15, 0.2) is 9.96 Å². The van der Waals surface area contributed by atoms with Crippen LogP contribution in [0.1, 0.15) is 29.6 Å². The molecule has 3 aromatic rings. The van der Waals surface area contributed by atoms with Crippen molar-refractivity contribution in [2.75, 3.05) is 23.3 Å². The second-order valence-corrected chi connectivity index (χ2v) is 7.80. The lowest BCUT2D eigenvalue weighted by Crippen LogP contribution is -2.30. The van der Waals surface area contributed by atoms with E-state index in [2.05, 4.69) is 25.2 Å². The number of hydrogen-bond acceptors (Lipinski definition) is 6. The lowest BCUT2D eigenvalue weighted by Gasteiger charge is -2.26. The van der Waals surface area contributed by atoms with Crippen molar-refractivity contribution < 1.29 is 4.79 Å².